The summed E-state index contributed by atoms with van der Waals surface area (Å²) < 4.78 is 2.21. The number of aryl methyl sites for hydroxylation is 1. The summed E-state index contributed by atoms with van der Waals surface area (Å²) >= 11 is 0. The molecule has 3 aromatic carbocycles. The minimum atomic E-state index is -0.0945. The molecule has 1 heteroatoms. The SMILES string of the molecule is C=Cc1ccc2c(c1-c1cccc[n+]1C)C(C)(C)c1c-2ccc2ccccc12. The summed E-state index contributed by atoms with van der Waals surface area (Å²) in [5.41, 5.74) is 9.14. The Balaban J connectivity index is 1.93. The molecule has 0 aliphatic heterocycles. The van der Waals surface area contributed by atoms with Gasteiger partial charge in [-0.15, -0.1) is 0 Å². The van der Waals surface area contributed by atoms with Gasteiger partial charge in [0.25, 0.3) is 0 Å². The number of nitrogens with zero attached hydrogens (tertiary/aromatic N) is 1. The van der Waals surface area contributed by atoms with Crippen molar-refractivity contribution in [2.75, 3.05) is 0 Å². The number of hydrogen-bond donors (Lipinski definition) is 0. The van der Waals surface area contributed by atoms with Gasteiger partial charge in [-0.25, -0.2) is 4.57 Å². The summed E-state index contributed by atoms with van der Waals surface area (Å²) in [6.07, 6.45) is 4.10. The van der Waals surface area contributed by atoms with Crippen LogP contribution in [-0.4, -0.2) is 0 Å². The second kappa shape index (κ2) is 5.90. The Morgan fingerprint density at radius 3 is 2.32 bits per heavy atom. The van der Waals surface area contributed by atoms with Crippen molar-refractivity contribution in [3.05, 3.63) is 96.2 Å². The Hall–Kier alpha value is -3.19. The van der Waals surface area contributed by atoms with E-state index < -0.39 is 0 Å². The van der Waals surface area contributed by atoms with Gasteiger partial charge in [-0.3, -0.25) is 0 Å². The number of rotatable bonds is 2. The zero-order valence-corrected chi connectivity index (χ0v) is 16.7. The molecular formula is C27H24N+. The van der Waals surface area contributed by atoms with Gasteiger partial charge >= 0.3 is 0 Å². The molecule has 0 bridgehead atoms. The number of hydrogen-bond acceptors (Lipinski definition) is 0. The van der Waals surface area contributed by atoms with Crippen molar-refractivity contribution in [3.63, 3.8) is 0 Å². The zero-order chi connectivity index (χ0) is 19.5. The van der Waals surface area contributed by atoms with Crippen molar-refractivity contribution in [2.24, 2.45) is 7.05 Å². The predicted octanol–water partition coefficient (Wildman–Crippen LogP) is 6.28. The molecule has 0 fully saturated rings. The molecule has 0 atom stereocenters. The normalized spacial score (nSPS) is 14.0. The molecule has 0 saturated heterocycles. The third-order valence-electron chi connectivity index (χ3n) is 6.24. The van der Waals surface area contributed by atoms with Gasteiger partial charge in [0.1, 0.15) is 7.05 Å². The van der Waals surface area contributed by atoms with Crippen LogP contribution >= 0.6 is 0 Å². The molecule has 0 unspecified atom stereocenters. The van der Waals surface area contributed by atoms with Crippen LogP contribution in [0.15, 0.2) is 79.5 Å². The molecule has 0 spiro atoms. The minimum Gasteiger partial charge on any atom is -0.201 e. The van der Waals surface area contributed by atoms with E-state index in [-0.39, 0.29) is 5.41 Å². The van der Waals surface area contributed by atoms with Crippen LogP contribution in [0, 0.1) is 0 Å². The molecule has 136 valence electrons. The summed E-state index contributed by atoms with van der Waals surface area (Å²) in [5.74, 6) is 0. The Labute approximate surface area is 166 Å². The van der Waals surface area contributed by atoms with Crippen molar-refractivity contribution in [2.45, 2.75) is 19.3 Å². The van der Waals surface area contributed by atoms with E-state index >= 15 is 0 Å². The highest BCUT2D eigenvalue weighted by Crippen LogP contribution is 2.54. The smallest absolute Gasteiger partial charge is 0.201 e. The van der Waals surface area contributed by atoms with Crippen molar-refractivity contribution >= 4 is 16.8 Å². The molecule has 0 amide bonds. The van der Waals surface area contributed by atoms with Crippen LogP contribution in [0.25, 0.3) is 39.2 Å². The van der Waals surface area contributed by atoms with Crippen LogP contribution < -0.4 is 4.57 Å². The molecule has 0 saturated carbocycles. The van der Waals surface area contributed by atoms with Gasteiger partial charge in [-0.05, 0) is 44.7 Å². The monoisotopic (exact) mass is 362 g/mol. The molecule has 1 aromatic heterocycles. The maximum absolute atomic E-state index is 4.11. The van der Waals surface area contributed by atoms with E-state index in [2.05, 4.69) is 105 Å². The Kier molecular flexibility index (Phi) is 3.57. The second-order valence-electron chi connectivity index (χ2n) is 8.19. The summed E-state index contributed by atoms with van der Waals surface area (Å²) in [6.45, 7) is 8.84. The van der Waals surface area contributed by atoms with Crippen LogP contribution in [-0.2, 0) is 12.5 Å². The topological polar surface area (TPSA) is 3.88 Å². The first-order valence-corrected chi connectivity index (χ1v) is 9.81. The average Bonchev–Trinajstić information content (AvgIpc) is 2.95. The first kappa shape index (κ1) is 16.9. The largest absolute Gasteiger partial charge is 0.213 e. The molecule has 4 aromatic rings. The fourth-order valence-electron chi connectivity index (χ4n) is 5.02. The van der Waals surface area contributed by atoms with E-state index in [1.165, 1.54) is 49.8 Å². The average molecular weight is 362 g/mol. The van der Waals surface area contributed by atoms with Gasteiger partial charge < -0.3 is 0 Å². The van der Waals surface area contributed by atoms with Crippen molar-refractivity contribution < 1.29 is 4.57 Å². The number of aromatic nitrogens is 1. The standard InChI is InChI=1S/C27H24N/c1-5-18-13-15-22-21-16-14-19-10-6-7-11-20(19)25(21)27(2,3)26(22)24(18)23-12-8-9-17-28(23)4/h5-17H,1H2,2-4H3/q+1. The minimum absolute atomic E-state index is 0.0945. The molecule has 0 radical (unpaired) electrons. The molecule has 5 rings (SSSR count). The van der Waals surface area contributed by atoms with E-state index in [1.807, 2.05) is 6.08 Å². The van der Waals surface area contributed by atoms with Gasteiger partial charge in [0.05, 0.1) is 5.56 Å². The highest BCUT2D eigenvalue weighted by molar-refractivity contribution is 6.00. The van der Waals surface area contributed by atoms with E-state index in [0.29, 0.717) is 0 Å². The summed E-state index contributed by atoms with van der Waals surface area (Å²) in [7, 11) is 2.12. The van der Waals surface area contributed by atoms with Gasteiger partial charge in [-0.1, -0.05) is 75.0 Å². The van der Waals surface area contributed by atoms with Gasteiger partial charge in [0.15, 0.2) is 6.20 Å². The third-order valence-corrected chi connectivity index (χ3v) is 6.24. The zero-order valence-electron chi connectivity index (χ0n) is 16.7. The van der Waals surface area contributed by atoms with E-state index in [0.717, 1.165) is 0 Å². The highest BCUT2D eigenvalue weighted by atomic mass is 14.9. The quantitative estimate of drug-likeness (QED) is 0.369. The predicted molar refractivity (Wildman–Crippen MR) is 118 cm³/mol. The lowest BCUT2D eigenvalue weighted by Crippen LogP contribution is -2.31. The molecule has 1 aliphatic rings. The van der Waals surface area contributed by atoms with Gasteiger partial charge in [0, 0.05) is 17.5 Å². The first-order chi connectivity index (χ1) is 13.5. The molecule has 0 N–H and O–H groups in total. The molecule has 1 nitrogen and oxygen atoms in total. The lowest BCUT2D eigenvalue weighted by Gasteiger charge is -2.25. The third kappa shape index (κ3) is 2.16. The van der Waals surface area contributed by atoms with Crippen LogP contribution in [0.4, 0.5) is 0 Å². The maximum atomic E-state index is 4.11. The van der Waals surface area contributed by atoms with Crippen LogP contribution in [0.5, 0.6) is 0 Å². The van der Waals surface area contributed by atoms with Crippen molar-refractivity contribution in [1.29, 1.82) is 0 Å². The van der Waals surface area contributed by atoms with Gasteiger partial charge in [0.2, 0.25) is 5.69 Å². The van der Waals surface area contributed by atoms with Gasteiger partial charge in [-0.2, -0.15) is 0 Å². The molecule has 1 heterocycles. The molecular weight excluding hydrogens is 338 g/mol. The Bertz CT molecular complexity index is 1260. The number of pyridine rings is 1. The van der Waals surface area contributed by atoms with E-state index in [4.69, 9.17) is 0 Å². The fourth-order valence-corrected chi connectivity index (χ4v) is 5.02. The summed E-state index contributed by atoms with van der Waals surface area (Å²) in [4.78, 5) is 0. The first-order valence-electron chi connectivity index (χ1n) is 9.81. The second-order valence-corrected chi connectivity index (χ2v) is 8.19. The number of benzene rings is 3. The van der Waals surface area contributed by atoms with Crippen LogP contribution in [0.1, 0.15) is 30.5 Å². The van der Waals surface area contributed by atoms with Crippen molar-refractivity contribution in [3.8, 4) is 22.4 Å². The summed E-state index contributed by atoms with van der Waals surface area (Å²) in [5, 5.41) is 2.66. The van der Waals surface area contributed by atoms with Crippen molar-refractivity contribution in [1.82, 2.24) is 0 Å². The Morgan fingerprint density at radius 2 is 1.54 bits per heavy atom. The van der Waals surface area contributed by atoms with Crippen LogP contribution in [0.3, 0.4) is 0 Å². The molecule has 1 aliphatic carbocycles. The molecule has 28 heavy (non-hydrogen) atoms. The Morgan fingerprint density at radius 1 is 0.821 bits per heavy atom. The lowest BCUT2D eigenvalue weighted by molar-refractivity contribution is -0.660. The lowest BCUT2D eigenvalue weighted by atomic mass is 9.77. The van der Waals surface area contributed by atoms with E-state index in [1.54, 1.807) is 0 Å². The highest BCUT2D eigenvalue weighted by Gasteiger charge is 2.40. The number of fused-ring (bicyclic) bond motifs is 5. The fraction of sp³-hybridized carbons (Fsp3) is 0.148. The van der Waals surface area contributed by atoms with Crippen LogP contribution in [0.2, 0.25) is 0 Å². The maximum Gasteiger partial charge on any atom is 0.213 e. The van der Waals surface area contributed by atoms with E-state index in [9.17, 15) is 0 Å². The summed E-state index contributed by atoms with van der Waals surface area (Å²) in [6, 6.07) is 24.2.